The lowest BCUT2D eigenvalue weighted by Crippen LogP contribution is -2.39. The van der Waals surface area contributed by atoms with Gasteiger partial charge in [0.1, 0.15) is 0 Å². The highest BCUT2D eigenvalue weighted by Crippen LogP contribution is 2.26. The van der Waals surface area contributed by atoms with E-state index in [4.69, 9.17) is 0 Å². The number of amides is 1. The second-order valence-electron chi connectivity index (χ2n) is 6.75. The first-order valence-electron chi connectivity index (χ1n) is 8.02. The minimum Gasteiger partial charge on any atom is -0.325 e. The number of benzene rings is 1. The number of hydrogen-bond donors (Lipinski definition) is 1. The molecular weight excluding hydrogens is 260 g/mol. The number of aryl methyl sites for hydroxylation is 2. The van der Waals surface area contributed by atoms with Crippen LogP contribution < -0.4 is 5.32 Å². The minimum absolute atomic E-state index is 0.0844. The van der Waals surface area contributed by atoms with E-state index in [9.17, 15) is 4.79 Å². The summed E-state index contributed by atoms with van der Waals surface area (Å²) in [4.78, 5) is 14.4. The Balaban J connectivity index is 1.86. The van der Waals surface area contributed by atoms with Gasteiger partial charge >= 0.3 is 0 Å². The second kappa shape index (κ2) is 7.08. The Kier molecular flexibility index (Phi) is 5.40. The Bertz CT molecular complexity index is 470. The van der Waals surface area contributed by atoms with Crippen molar-refractivity contribution in [3.63, 3.8) is 0 Å². The van der Waals surface area contributed by atoms with Crippen LogP contribution in [0.5, 0.6) is 0 Å². The largest absolute Gasteiger partial charge is 0.325 e. The molecule has 1 N–H and O–H groups in total. The smallest absolute Gasteiger partial charge is 0.238 e. The number of anilines is 1. The summed E-state index contributed by atoms with van der Waals surface area (Å²) in [5, 5.41) is 3.02. The van der Waals surface area contributed by atoms with Gasteiger partial charge in [-0.2, -0.15) is 0 Å². The molecule has 1 fully saturated rings. The average molecular weight is 288 g/mol. The molecule has 0 heterocycles. The van der Waals surface area contributed by atoms with Crippen molar-refractivity contribution in [2.45, 2.75) is 52.5 Å². The van der Waals surface area contributed by atoms with Gasteiger partial charge in [-0.3, -0.25) is 9.69 Å². The lowest BCUT2D eigenvalue weighted by Gasteiger charge is -2.33. The topological polar surface area (TPSA) is 32.3 Å². The Morgan fingerprint density at radius 2 is 1.71 bits per heavy atom. The Hall–Kier alpha value is -1.35. The van der Waals surface area contributed by atoms with Gasteiger partial charge < -0.3 is 5.32 Å². The molecule has 0 radical (unpaired) electrons. The Morgan fingerprint density at radius 3 is 2.29 bits per heavy atom. The number of rotatable bonds is 4. The lowest BCUT2D eigenvalue weighted by molar-refractivity contribution is -0.117. The summed E-state index contributed by atoms with van der Waals surface area (Å²) in [7, 11) is 2.07. The van der Waals surface area contributed by atoms with Crippen molar-refractivity contribution >= 4 is 11.6 Å². The van der Waals surface area contributed by atoms with Crippen LogP contribution in [0.25, 0.3) is 0 Å². The molecule has 0 aromatic heterocycles. The van der Waals surface area contributed by atoms with Crippen LogP contribution in [0.1, 0.15) is 43.7 Å². The lowest BCUT2D eigenvalue weighted by atomic mass is 9.87. The standard InChI is InChI=1S/C18H28N2O/c1-13-5-7-17(8-6-13)20(4)12-18(21)19-16-10-14(2)9-15(3)11-16/h9-11,13,17H,5-8,12H2,1-4H3,(H,19,21). The average Bonchev–Trinajstić information content (AvgIpc) is 2.37. The van der Waals surface area contributed by atoms with E-state index in [0.29, 0.717) is 12.6 Å². The highest BCUT2D eigenvalue weighted by molar-refractivity contribution is 5.92. The molecule has 0 bridgehead atoms. The second-order valence-corrected chi connectivity index (χ2v) is 6.75. The molecule has 1 aliphatic carbocycles. The van der Waals surface area contributed by atoms with Crippen LogP contribution in [0.15, 0.2) is 18.2 Å². The van der Waals surface area contributed by atoms with Crippen LogP contribution in [0.4, 0.5) is 5.69 Å². The van der Waals surface area contributed by atoms with Crippen LogP contribution in [-0.2, 0) is 4.79 Å². The highest BCUT2D eigenvalue weighted by Gasteiger charge is 2.22. The molecule has 21 heavy (non-hydrogen) atoms. The predicted octanol–water partition coefficient (Wildman–Crippen LogP) is 3.75. The third-order valence-electron chi connectivity index (χ3n) is 4.51. The number of hydrogen-bond acceptors (Lipinski definition) is 2. The molecule has 0 spiro atoms. The molecule has 116 valence electrons. The van der Waals surface area contributed by atoms with E-state index < -0.39 is 0 Å². The first-order chi connectivity index (χ1) is 9.94. The molecule has 2 rings (SSSR count). The highest BCUT2D eigenvalue weighted by atomic mass is 16.2. The molecule has 1 amide bonds. The third-order valence-corrected chi connectivity index (χ3v) is 4.51. The summed E-state index contributed by atoms with van der Waals surface area (Å²) in [6, 6.07) is 6.72. The molecule has 3 heteroatoms. The molecule has 0 atom stereocenters. The summed E-state index contributed by atoms with van der Waals surface area (Å²) in [6.45, 7) is 6.91. The van der Waals surface area contributed by atoms with Crippen molar-refractivity contribution in [3.05, 3.63) is 29.3 Å². The first kappa shape index (κ1) is 16.0. The zero-order chi connectivity index (χ0) is 15.4. The zero-order valence-electron chi connectivity index (χ0n) is 13.8. The van der Waals surface area contributed by atoms with Gasteiger partial charge in [-0.1, -0.05) is 13.0 Å². The van der Waals surface area contributed by atoms with Gasteiger partial charge in [-0.15, -0.1) is 0 Å². The fourth-order valence-corrected chi connectivity index (χ4v) is 3.29. The van der Waals surface area contributed by atoms with Crippen molar-refractivity contribution < 1.29 is 4.79 Å². The van der Waals surface area contributed by atoms with Gasteiger partial charge in [-0.05, 0) is 75.8 Å². The fourth-order valence-electron chi connectivity index (χ4n) is 3.29. The van der Waals surface area contributed by atoms with Crippen molar-refractivity contribution in [2.24, 2.45) is 5.92 Å². The number of likely N-dealkylation sites (N-methyl/N-ethyl adjacent to an activating group) is 1. The van der Waals surface area contributed by atoms with E-state index >= 15 is 0 Å². The van der Waals surface area contributed by atoms with Crippen molar-refractivity contribution in [2.75, 3.05) is 18.9 Å². The maximum absolute atomic E-state index is 12.2. The van der Waals surface area contributed by atoms with E-state index in [0.717, 1.165) is 11.6 Å². The van der Waals surface area contributed by atoms with E-state index in [-0.39, 0.29) is 5.91 Å². The molecule has 1 saturated carbocycles. The molecule has 0 aliphatic heterocycles. The summed E-state index contributed by atoms with van der Waals surface area (Å²) >= 11 is 0. The van der Waals surface area contributed by atoms with Crippen LogP contribution in [0.3, 0.4) is 0 Å². The number of nitrogens with one attached hydrogen (secondary N) is 1. The first-order valence-corrected chi connectivity index (χ1v) is 8.02. The van der Waals surface area contributed by atoms with E-state index in [2.05, 4.69) is 44.1 Å². The molecular formula is C18H28N2O. The number of nitrogens with zero attached hydrogens (tertiary/aromatic N) is 1. The van der Waals surface area contributed by atoms with Crippen LogP contribution in [0, 0.1) is 19.8 Å². The minimum atomic E-state index is 0.0844. The van der Waals surface area contributed by atoms with Crippen molar-refractivity contribution in [3.8, 4) is 0 Å². The molecule has 1 aromatic carbocycles. The molecule has 3 nitrogen and oxygen atoms in total. The van der Waals surface area contributed by atoms with Gasteiger partial charge in [0, 0.05) is 11.7 Å². The van der Waals surface area contributed by atoms with Gasteiger partial charge in [-0.25, -0.2) is 0 Å². The normalized spacial score (nSPS) is 22.3. The molecule has 1 aliphatic rings. The monoisotopic (exact) mass is 288 g/mol. The zero-order valence-corrected chi connectivity index (χ0v) is 13.8. The van der Waals surface area contributed by atoms with Gasteiger partial charge in [0.25, 0.3) is 0 Å². The summed E-state index contributed by atoms with van der Waals surface area (Å²) in [6.07, 6.45) is 5.00. The Labute approximate surface area is 128 Å². The van der Waals surface area contributed by atoms with Gasteiger partial charge in [0.05, 0.1) is 6.54 Å². The van der Waals surface area contributed by atoms with Crippen LogP contribution in [0.2, 0.25) is 0 Å². The van der Waals surface area contributed by atoms with E-state index in [1.807, 2.05) is 12.1 Å². The molecule has 1 aromatic rings. The van der Waals surface area contributed by atoms with E-state index in [1.165, 1.54) is 36.8 Å². The third kappa shape index (κ3) is 4.85. The maximum atomic E-state index is 12.2. The predicted molar refractivity (Wildman–Crippen MR) is 88.6 cm³/mol. The summed E-state index contributed by atoms with van der Waals surface area (Å²) in [5.74, 6) is 0.930. The number of carbonyl (C=O) groups is 1. The Morgan fingerprint density at radius 1 is 1.14 bits per heavy atom. The fraction of sp³-hybridized carbons (Fsp3) is 0.611. The quantitative estimate of drug-likeness (QED) is 0.915. The summed E-state index contributed by atoms with van der Waals surface area (Å²) < 4.78 is 0. The van der Waals surface area contributed by atoms with Crippen LogP contribution in [-0.4, -0.2) is 30.4 Å². The number of carbonyl (C=O) groups excluding carboxylic acids is 1. The van der Waals surface area contributed by atoms with E-state index in [1.54, 1.807) is 0 Å². The van der Waals surface area contributed by atoms with Crippen LogP contribution >= 0.6 is 0 Å². The van der Waals surface area contributed by atoms with Gasteiger partial charge in [0.15, 0.2) is 0 Å². The SMILES string of the molecule is Cc1cc(C)cc(NC(=O)CN(C)C2CCC(C)CC2)c1. The van der Waals surface area contributed by atoms with Crippen molar-refractivity contribution in [1.82, 2.24) is 4.90 Å². The van der Waals surface area contributed by atoms with Gasteiger partial charge in [0.2, 0.25) is 5.91 Å². The molecule has 0 unspecified atom stereocenters. The maximum Gasteiger partial charge on any atom is 0.238 e. The summed E-state index contributed by atoms with van der Waals surface area (Å²) in [5.41, 5.74) is 3.27. The molecule has 0 saturated heterocycles. The van der Waals surface area contributed by atoms with Crippen molar-refractivity contribution in [1.29, 1.82) is 0 Å².